The SMILES string of the molecule is Cc1cc(C)n(CC(=O)N(Cc2ccsc2)C2CC23CCNCC3)n1.Cl.Cl. The van der Waals surface area contributed by atoms with Crippen molar-refractivity contribution in [3.63, 3.8) is 0 Å². The third kappa shape index (κ3) is 4.67. The minimum atomic E-state index is 0. The van der Waals surface area contributed by atoms with Gasteiger partial charge in [-0.3, -0.25) is 9.48 Å². The van der Waals surface area contributed by atoms with Gasteiger partial charge in [0.2, 0.25) is 5.91 Å². The lowest BCUT2D eigenvalue weighted by atomic mass is 9.93. The number of carbonyl (C=O) groups is 1. The van der Waals surface area contributed by atoms with E-state index in [-0.39, 0.29) is 30.7 Å². The topological polar surface area (TPSA) is 50.2 Å². The molecule has 1 saturated heterocycles. The first-order chi connectivity index (χ1) is 12.1. The smallest absolute Gasteiger partial charge is 0.244 e. The Bertz CT molecular complexity index is 756. The molecule has 3 heterocycles. The van der Waals surface area contributed by atoms with E-state index in [1.807, 2.05) is 24.6 Å². The quantitative estimate of drug-likeness (QED) is 0.788. The van der Waals surface area contributed by atoms with Crippen molar-refractivity contribution >= 4 is 42.1 Å². The molecule has 1 unspecified atom stereocenters. The van der Waals surface area contributed by atoms with E-state index in [9.17, 15) is 4.79 Å². The molecule has 1 atom stereocenters. The molecule has 1 aliphatic heterocycles. The predicted octanol–water partition coefficient (Wildman–Crippen LogP) is 3.58. The highest BCUT2D eigenvalue weighted by atomic mass is 35.5. The summed E-state index contributed by atoms with van der Waals surface area (Å²) in [5.74, 6) is 0.192. The molecule has 1 amide bonds. The number of carbonyl (C=O) groups excluding carboxylic acids is 1. The maximum Gasteiger partial charge on any atom is 0.244 e. The van der Waals surface area contributed by atoms with Gasteiger partial charge in [-0.05, 0) is 80.1 Å². The molecule has 1 spiro atoms. The van der Waals surface area contributed by atoms with Crippen LogP contribution in [0.3, 0.4) is 0 Å². The van der Waals surface area contributed by atoms with Crippen LogP contribution in [0.1, 0.15) is 36.2 Å². The number of hydrogen-bond acceptors (Lipinski definition) is 4. The Labute approximate surface area is 177 Å². The summed E-state index contributed by atoms with van der Waals surface area (Å²) in [7, 11) is 0. The van der Waals surface area contributed by atoms with E-state index in [1.165, 1.54) is 18.4 Å². The molecule has 4 rings (SSSR count). The van der Waals surface area contributed by atoms with Crippen LogP contribution in [0.5, 0.6) is 0 Å². The second-order valence-corrected chi connectivity index (χ2v) is 8.35. The van der Waals surface area contributed by atoms with Crippen LogP contribution in [-0.4, -0.2) is 39.7 Å². The highest BCUT2D eigenvalue weighted by molar-refractivity contribution is 7.07. The van der Waals surface area contributed by atoms with Gasteiger partial charge < -0.3 is 10.2 Å². The average Bonchev–Trinajstić information content (AvgIpc) is 2.94. The minimum Gasteiger partial charge on any atom is -0.333 e. The van der Waals surface area contributed by atoms with Gasteiger partial charge in [0.05, 0.1) is 5.69 Å². The van der Waals surface area contributed by atoms with Gasteiger partial charge in [-0.1, -0.05) is 0 Å². The van der Waals surface area contributed by atoms with E-state index < -0.39 is 0 Å². The first kappa shape index (κ1) is 22.2. The highest BCUT2D eigenvalue weighted by Crippen LogP contribution is 2.56. The summed E-state index contributed by atoms with van der Waals surface area (Å²) in [6.07, 6.45) is 3.53. The maximum absolute atomic E-state index is 13.2. The normalized spacial score (nSPS) is 19.9. The zero-order chi connectivity index (χ0) is 17.4. The molecule has 5 nitrogen and oxygen atoms in total. The summed E-state index contributed by atoms with van der Waals surface area (Å²) in [5.41, 5.74) is 3.61. The average molecular weight is 431 g/mol. The fourth-order valence-corrected chi connectivity index (χ4v) is 4.89. The van der Waals surface area contributed by atoms with Gasteiger partial charge in [-0.25, -0.2) is 0 Å². The molecule has 2 aromatic rings. The van der Waals surface area contributed by atoms with Gasteiger partial charge >= 0.3 is 0 Å². The van der Waals surface area contributed by atoms with Crippen LogP contribution in [0.25, 0.3) is 0 Å². The fourth-order valence-electron chi connectivity index (χ4n) is 4.23. The van der Waals surface area contributed by atoms with Crippen molar-refractivity contribution in [3.8, 4) is 0 Å². The monoisotopic (exact) mass is 430 g/mol. The zero-order valence-corrected chi connectivity index (χ0v) is 18.3. The molecule has 0 bridgehead atoms. The standard InChI is InChI=1S/C19H26N4OS.2ClH/c1-14-9-15(2)23(21-14)12-18(24)22(11-16-3-8-25-13-16)17-10-19(17)4-6-20-7-5-19;;/h3,8-9,13,17,20H,4-7,10-12H2,1-2H3;2*1H. The lowest BCUT2D eigenvalue weighted by Crippen LogP contribution is -2.40. The molecular weight excluding hydrogens is 403 g/mol. The van der Waals surface area contributed by atoms with Gasteiger partial charge in [-0.2, -0.15) is 16.4 Å². The number of aryl methyl sites for hydroxylation is 2. The van der Waals surface area contributed by atoms with Gasteiger partial charge in [0.15, 0.2) is 0 Å². The summed E-state index contributed by atoms with van der Waals surface area (Å²) in [6.45, 7) is 7.21. The minimum absolute atomic E-state index is 0. The Hall–Kier alpha value is -1.08. The fraction of sp³-hybridized carbons (Fsp3) is 0.579. The Kier molecular flexibility index (Phi) is 7.36. The third-order valence-corrected chi connectivity index (χ3v) is 6.50. The number of aromatic nitrogens is 2. The summed E-state index contributed by atoms with van der Waals surface area (Å²) < 4.78 is 1.84. The van der Waals surface area contributed by atoms with Gasteiger partial charge in [0.25, 0.3) is 0 Å². The molecule has 8 heteroatoms. The lowest BCUT2D eigenvalue weighted by Gasteiger charge is -2.29. The van der Waals surface area contributed by atoms with E-state index in [4.69, 9.17) is 0 Å². The molecular formula is C19H28Cl2N4OS. The first-order valence-electron chi connectivity index (χ1n) is 9.10. The van der Waals surface area contributed by atoms with Crippen LogP contribution in [0.2, 0.25) is 0 Å². The Balaban J connectivity index is 0.00000131. The van der Waals surface area contributed by atoms with E-state index >= 15 is 0 Å². The molecule has 2 fully saturated rings. The second kappa shape index (κ2) is 8.95. The molecule has 27 heavy (non-hydrogen) atoms. The van der Waals surface area contributed by atoms with Crippen LogP contribution < -0.4 is 5.32 Å². The lowest BCUT2D eigenvalue weighted by molar-refractivity contribution is -0.134. The van der Waals surface area contributed by atoms with E-state index in [2.05, 4.69) is 32.1 Å². The second-order valence-electron chi connectivity index (χ2n) is 7.57. The van der Waals surface area contributed by atoms with Crippen LogP contribution in [-0.2, 0) is 17.9 Å². The van der Waals surface area contributed by atoms with Crippen LogP contribution in [0.4, 0.5) is 0 Å². The van der Waals surface area contributed by atoms with Crippen LogP contribution in [0.15, 0.2) is 22.9 Å². The summed E-state index contributed by atoms with van der Waals surface area (Å²) >= 11 is 1.70. The van der Waals surface area contributed by atoms with Crippen LogP contribution >= 0.6 is 36.2 Å². The Morgan fingerprint density at radius 3 is 2.70 bits per heavy atom. The van der Waals surface area contributed by atoms with Crippen molar-refractivity contribution in [3.05, 3.63) is 39.8 Å². The van der Waals surface area contributed by atoms with Crippen molar-refractivity contribution in [2.45, 2.75) is 52.2 Å². The summed E-state index contributed by atoms with van der Waals surface area (Å²) in [6, 6.07) is 4.55. The summed E-state index contributed by atoms with van der Waals surface area (Å²) in [4.78, 5) is 15.3. The first-order valence-corrected chi connectivity index (χ1v) is 10.0. The van der Waals surface area contributed by atoms with Crippen LogP contribution in [0, 0.1) is 19.3 Å². The van der Waals surface area contributed by atoms with E-state index in [1.54, 1.807) is 11.3 Å². The van der Waals surface area contributed by atoms with Crippen molar-refractivity contribution in [2.75, 3.05) is 13.1 Å². The summed E-state index contributed by atoms with van der Waals surface area (Å²) in [5, 5.41) is 12.2. The van der Waals surface area contributed by atoms with E-state index in [0.717, 1.165) is 37.4 Å². The largest absolute Gasteiger partial charge is 0.333 e. The predicted molar refractivity (Wildman–Crippen MR) is 114 cm³/mol. The molecule has 1 saturated carbocycles. The Morgan fingerprint density at radius 1 is 1.37 bits per heavy atom. The number of nitrogens with zero attached hydrogens (tertiary/aromatic N) is 3. The maximum atomic E-state index is 13.2. The molecule has 1 N–H and O–H groups in total. The molecule has 150 valence electrons. The van der Waals surface area contributed by atoms with Crippen molar-refractivity contribution < 1.29 is 4.79 Å². The molecule has 1 aliphatic carbocycles. The zero-order valence-electron chi connectivity index (χ0n) is 15.8. The third-order valence-electron chi connectivity index (χ3n) is 5.76. The van der Waals surface area contributed by atoms with Crippen molar-refractivity contribution in [1.82, 2.24) is 20.0 Å². The number of piperidine rings is 1. The van der Waals surface area contributed by atoms with Gasteiger partial charge in [0, 0.05) is 18.3 Å². The van der Waals surface area contributed by atoms with Crippen molar-refractivity contribution in [1.29, 1.82) is 0 Å². The van der Waals surface area contributed by atoms with E-state index in [0.29, 0.717) is 18.0 Å². The Morgan fingerprint density at radius 2 is 2.11 bits per heavy atom. The molecule has 2 aromatic heterocycles. The molecule has 0 radical (unpaired) electrons. The number of rotatable bonds is 5. The van der Waals surface area contributed by atoms with Crippen molar-refractivity contribution in [2.24, 2.45) is 5.41 Å². The number of hydrogen-bond donors (Lipinski definition) is 1. The number of amides is 1. The number of nitrogens with one attached hydrogen (secondary N) is 1. The molecule has 2 aliphatic rings. The number of thiophene rings is 1. The number of halogens is 2. The highest BCUT2D eigenvalue weighted by Gasteiger charge is 2.57. The van der Waals surface area contributed by atoms with Gasteiger partial charge in [-0.15, -0.1) is 24.8 Å². The van der Waals surface area contributed by atoms with Gasteiger partial charge in [0.1, 0.15) is 6.54 Å². The molecule has 0 aromatic carbocycles.